The quantitative estimate of drug-likeness (QED) is 0.737. The van der Waals surface area contributed by atoms with Crippen LogP contribution in [0.25, 0.3) is 0 Å². The Morgan fingerprint density at radius 3 is 2.71 bits per heavy atom. The van der Waals surface area contributed by atoms with Gasteiger partial charge in [-0.2, -0.15) is 0 Å². The van der Waals surface area contributed by atoms with Crippen LogP contribution in [-0.4, -0.2) is 10.9 Å². The fraction of sp³-hybridized carbons (Fsp3) is 0.182. The molecule has 1 atom stereocenters. The molecule has 0 radical (unpaired) electrons. The normalized spacial score (nSPS) is 21.3. The maximum atomic E-state index is 11.5. The molecule has 1 aliphatic heterocycles. The fourth-order valence-corrected chi connectivity index (χ4v) is 1.41. The molecule has 0 bridgehead atoms. The standard InChI is InChI=1S/C11H10O3/c12-9-6-7-10(13)14-11(9)8-4-2-1-3-5-8/h1-5,7,11,13H,6H2. The van der Waals surface area contributed by atoms with E-state index in [-0.39, 0.29) is 18.1 Å². The van der Waals surface area contributed by atoms with Gasteiger partial charge in [-0.15, -0.1) is 0 Å². The molecule has 72 valence electrons. The van der Waals surface area contributed by atoms with Gasteiger partial charge in [0.05, 0.1) is 0 Å². The van der Waals surface area contributed by atoms with Gasteiger partial charge in [0.25, 0.3) is 5.95 Å². The first kappa shape index (κ1) is 8.81. The van der Waals surface area contributed by atoms with Gasteiger partial charge in [-0.3, -0.25) is 4.79 Å². The molecule has 0 aliphatic carbocycles. The van der Waals surface area contributed by atoms with E-state index in [1.54, 1.807) is 12.1 Å². The maximum absolute atomic E-state index is 11.5. The second-order valence-electron chi connectivity index (χ2n) is 3.12. The van der Waals surface area contributed by atoms with Crippen molar-refractivity contribution in [2.75, 3.05) is 0 Å². The molecule has 14 heavy (non-hydrogen) atoms. The zero-order valence-corrected chi connectivity index (χ0v) is 7.51. The van der Waals surface area contributed by atoms with Gasteiger partial charge in [0, 0.05) is 18.1 Å². The zero-order valence-electron chi connectivity index (χ0n) is 7.51. The molecule has 3 nitrogen and oxygen atoms in total. The third-order valence-electron chi connectivity index (χ3n) is 2.11. The first-order chi connectivity index (χ1) is 6.77. The Hall–Kier alpha value is -1.77. The van der Waals surface area contributed by atoms with Gasteiger partial charge in [0.1, 0.15) is 0 Å². The molecule has 0 fully saturated rings. The Balaban J connectivity index is 2.27. The van der Waals surface area contributed by atoms with Gasteiger partial charge >= 0.3 is 0 Å². The van der Waals surface area contributed by atoms with Crippen molar-refractivity contribution >= 4 is 5.78 Å². The summed E-state index contributed by atoms with van der Waals surface area (Å²) in [5.74, 6) is -0.201. The summed E-state index contributed by atoms with van der Waals surface area (Å²) >= 11 is 0. The van der Waals surface area contributed by atoms with Crippen LogP contribution in [-0.2, 0) is 9.53 Å². The van der Waals surface area contributed by atoms with Crippen molar-refractivity contribution in [1.29, 1.82) is 0 Å². The lowest BCUT2D eigenvalue weighted by molar-refractivity contribution is -0.132. The summed E-state index contributed by atoms with van der Waals surface area (Å²) in [6.45, 7) is 0. The summed E-state index contributed by atoms with van der Waals surface area (Å²) in [6, 6.07) is 9.15. The highest BCUT2D eigenvalue weighted by Crippen LogP contribution is 2.25. The first-order valence-electron chi connectivity index (χ1n) is 4.41. The number of ketones is 1. The fourth-order valence-electron chi connectivity index (χ4n) is 1.41. The van der Waals surface area contributed by atoms with E-state index in [1.165, 1.54) is 6.08 Å². The lowest BCUT2D eigenvalue weighted by Gasteiger charge is -2.20. The number of hydrogen-bond acceptors (Lipinski definition) is 3. The minimum Gasteiger partial charge on any atom is -0.481 e. The minimum atomic E-state index is -0.652. The molecule has 0 aromatic heterocycles. The second-order valence-corrected chi connectivity index (χ2v) is 3.12. The van der Waals surface area contributed by atoms with E-state index in [4.69, 9.17) is 9.84 Å². The number of Topliss-reactive ketones (excluding diaryl/α,β-unsaturated/α-hetero) is 1. The molecule has 0 saturated carbocycles. The predicted molar refractivity (Wildman–Crippen MR) is 50.6 cm³/mol. The Morgan fingerprint density at radius 1 is 1.29 bits per heavy atom. The monoisotopic (exact) mass is 190 g/mol. The molecule has 0 amide bonds. The summed E-state index contributed by atoms with van der Waals surface area (Å²) in [6.07, 6.45) is 0.953. The van der Waals surface area contributed by atoms with Gasteiger partial charge in [-0.05, 0) is 0 Å². The predicted octanol–water partition coefficient (Wildman–Crippen LogP) is 2.12. The zero-order chi connectivity index (χ0) is 9.97. The molecule has 2 rings (SSSR count). The molecule has 3 heteroatoms. The Kier molecular flexibility index (Phi) is 2.23. The number of benzene rings is 1. The van der Waals surface area contributed by atoms with E-state index in [0.29, 0.717) is 0 Å². The van der Waals surface area contributed by atoms with Crippen LogP contribution in [0.5, 0.6) is 0 Å². The van der Waals surface area contributed by atoms with Crippen molar-refractivity contribution in [3.63, 3.8) is 0 Å². The smallest absolute Gasteiger partial charge is 0.273 e. The van der Waals surface area contributed by atoms with Crippen LogP contribution < -0.4 is 0 Å². The SMILES string of the molecule is O=C1CC=C(O)OC1c1ccccc1. The van der Waals surface area contributed by atoms with Crippen LogP contribution in [0.3, 0.4) is 0 Å². The number of allylic oxidation sites excluding steroid dienone is 1. The van der Waals surface area contributed by atoms with Crippen LogP contribution >= 0.6 is 0 Å². The topological polar surface area (TPSA) is 46.5 Å². The molecule has 0 spiro atoms. The van der Waals surface area contributed by atoms with Gasteiger partial charge in [-0.25, -0.2) is 0 Å². The third kappa shape index (κ3) is 1.62. The van der Waals surface area contributed by atoms with Gasteiger partial charge in [0.15, 0.2) is 11.9 Å². The number of ether oxygens (including phenoxy) is 1. The van der Waals surface area contributed by atoms with E-state index >= 15 is 0 Å². The molecular formula is C11H10O3. The van der Waals surface area contributed by atoms with Gasteiger partial charge < -0.3 is 9.84 Å². The van der Waals surface area contributed by atoms with Crippen LogP contribution in [0, 0.1) is 0 Å². The second kappa shape index (κ2) is 3.54. The summed E-state index contributed by atoms with van der Waals surface area (Å²) in [7, 11) is 0. The van der Waals surface area contributed by atoms with Crippen molar-refractivity contribution in [2.45, 2.75) is 12.5 Å². The Labute approximate surface area is 81.6 Å². The molecule has 1 aliphatic rings. The minimum absolute atomic E-state index is 0.0333. The van der Waals surface area contributed by atoms with E-state index < -0.39 is 6.10 Å². The number of aliphatic hydroxyl groups is 1. The van der Waals surface area contributed by atoms with Crippen molar-refractivity contribution in [1.82, 2.24) is 0 Å². The highest BCUT2D eigenvalue weighted by Gasteiger charge is 2.25. The summed E-state index contributed by atoms with van der Waals surface area (Å²) in [5, 5.41) is 9.15. The molecule has 0 saturated heterocycles. The van der Waals surface area contributed by atoms with E-state index in [2.05, 4.69) is 0 Å². The van der Waals surface area contributed by atoms with Gasteiger partial charge in [0.2, 0.25) is 0 Å². The Bertz CT molecular complexity index is 367. The Morgan fingerprint density at radius 2 is 2.00 bits per heavy atom. The van der Waals surface area contributed by atoms with E-state index in [1.807, 2.05) is 18.2 Å². The summed E-state index contributed by atoms with van der Waals surface area (Å²) in [4.78, 5) is 11.5. The van der Waals surface area contributed by atoms with E-state index in [0.717, 1.165) is 5.56 Å². The summed E-state index contributed by atoms with van der Waals surface area (Å²) in [5.41, 5.74) is 0.775. The number of rotatable bonds is 1. The maximum Gasteiger partial charge on any atom is 0.273 e. The largest absolute Gasteiger partial charge is 0.481 e. The highest BCUT2D eigenvalue weighted by molar-refractivity contribution is 5.86. The van der Waals surface area contributed by atoms with Crippen LogP contribution in [0.15, 0.2) is 42.4 Å². The number of aliphatic hydroxyl groups excluding tert-OH is 1. The third-order valence-corrected chi connectivity index (χ3v) is 2.11. The molecule has 1 heterocycles. The van der Waals surface area contributed by atoms with Crippen LogP contribution in [0.1, 0.15) is 18.1 Å². The molecule has 1 aromatic rings. The average molecular weight is 190 g/mol. The van der Waals surface area contributed by atoms with E-state index in [9.17, 15) is 4.79 Å². The highest BCUT2D eigenvalue weighted by atomic mass is 16.6. The first-order valence-corrected chi connectivity index (χ1v) is 4.41. The average Bonchev–Trinajstić information content (AvgIpc) is 2.23. The van der Waals surface area contributed by atoms with Crippen molar-refractivity contribution in [2.24, 2.45) is 0 Å². The molecule has 1 aromatic carbocycles. The van der Waals surface area contributed by atoms with Crippen molar-refractivity contribution in [3.05, 3.63) is 47.9 Å². The van der Waals surface area contributed by atoms with Crippen LogP contribution in [0.4, 0.5) is 0 Å². The lowest BCUT2D eigenvalue weighted by atomic mass is 10.0. The van der Waals surface area contributed by atoms with Crippen molar-refractivity contribution < 1.29 is 14.6 Å². The number of hydrogen-bond donors (Lipinski definition) is 1. The van der Waals surface area contributed by atoms with Crippen molar-refractivity contribution in [3.8, 4) is 0 Å². The molecule has 1 unspecified atom stereocenters. The lowest BCUT2D eigenvalue weighted by Crippen LogP contribution is -2.19. The number of carbonyl (C=O) groups is 1. The number of carbonyl (C=O) groups excluding carboxylic acids is 1. The van der Waals surface area contributed by atoms with Crippen LogP contribution in [0.2, 0.25) is 0 Å². The van der Waals surface area contributed by atoms with Gasteiger partial charge in [-0.1, -0.05) is 30.3 Å². The molecule has 1 N–H and O–H groups in total. The molecular weight excluding hydrogens is 180 g/mol. The summed E-state index contributed by atoms with van der Waals surface area (Å²) < 4.78 is 5.05.